The Morgan fingerprint density at radius 2 is 1.37 bits per heavy atom. The molecule has 1 aliphatic carbocycles. The lowest BCUT2D eigenvalue weighted by atomic mass is 9.57. The maximum atomic E-state index is 13.2. The van der Waals surface area contributed by atoms with Crippen LogP contribution in [0.3, 0.4) is 0 Å². The van der Waals surface area contributed by atoms with Crippen LogP contribution in [0.4, 0.5) is 11.4 Å². The molecule has 0 saturated heterocycles. The van der Waals surface area contributed by atoms with Crippen molar-refractivity contribution in [3.8, 4) is 6.07 Å². The lowest BCUT2D eigenvalue weighted by Crippen LogP contribution is -2.55. The quantitative estimate of drug-likeness (QED) is 0.311. The van der Waals surface area contributed by atoms with E-state index in [1.165, 1.54) is 12.1 Å². The lowest BCUT2D eigenvalue weighted by molar-refractivity contribution is -0.532. The third-order valence-electron chi connectivity index (χ3n) is 6.43. The molecule has 2 aromatic rings. The van der Waals surface area contributed by atoms with Crippen molar-refractivity contribution in [2.24, 2.45) is 11.1 Å². The van der Waals surface area contributed by atoms with E-state index in [-0.39, 0.29) is 22.5 Å². The van der Waals surface area contributed by atoms with Crippen LogP contribution in [0.5, 0.6) is 0 Å². The first-order chi connectivity index (χ1) is 18.0. The molecule has 0 heterocycles. The molecule has 15 heteroatoms. The average Bonchev–Trinajstić information content (AvgIpc) is 2.91. The summed E-state index contributed by atoms with van der Waals surface area (Å²) in [5.74, 6) is -5.76. The first-order valence-corrected chi connectivity index (χ1v) is 10.7. The highest BCUT2D eigenvalue weighted by molar-refractivity contribution is 5.96. The van der Waals surface area contributed by atoms with Gasteiger partial charge in [0.1, 0.15) is 0 Å². The van der Waals surface area contributed by atoms with E-state index < -0.39 is 61.3 Å². The molecule has 0 saturated carbocycles. The van der Waals surface area contributed by atoms with E-state index in [1.54, 1.807) is 6.07 Å². The van der Waals surface area contributed by atoms with Crippen LogP contribution < -0.4 is 5.73 Å². The van der Waals surface area contributed by atoms with Crippen LogP contribution in [0.25, 0.3) is 0 Å². The number of ether oxygens (including phenoxy) is 2. The topological polar surface area (TPSA) is 232 Å². The number of hydrogen-bond acceptors (Lipinski definition) is 12. The van der Waals surface area contributed by atoms with Gasteiger partial charge in [0.15, 0.2) is 0 Å². The minimum Gasteiger partial charge on any atom is -0.468 e. The molecule has 2 N–H and O–H groups in total. The van der Waals surface area contributed by atoms with Gasteiger partial charge in [-0.15, -0.1) is 0 Å². The van der Waals surface area contributed by atoms with Gasteiger partial charge in [-0.2, -0.15) is 5.26 Å². The second kappa shape index (κ2) is 10.3. The van der Waals surface area contributed by atoms with Crippen molar-refractivity contribution in [2.45, 2.75) is 17.9 Å². The number of nitrogens with two attached hydrogens (primary N) is 1. The molecule has 0 radical (unpaired) electrons. The number of nitro groups is 3. The zero-order chi connectivity index (χ0) is 28.4. The molecule has 0 aromatic heterocycles. The molecule has 2 aromatic carbocycles. The molecule has 0 bridgehead atoms. The first-order valence-electron chi connectivity index (χ1n) is 10.7. The normalized spacial score (nSPS) is 22.6. The van der Waals surface area contributed by atoms with Gasteiger partial charge in [-0.25, -0.2) is 9.59 Å². The summed E-state index contributed by atoms with van der Waals surface area (Å²) in [6.07, 6.45) is 0. The van der Waals surface area contributed by atoms with Crippen LogP contribution in [0.2, 0.25) is 0 Å². The average molecular weight is 525 g/mol. The van der Waals surface area contributed by atoms with Crippen LogP contribution in [-0.2, 0) is 19.1 Å². The van der Waals surface area contributed by atoms with E-state index in [2.05, 4.69) is 0 Å². The molecule has 4 atom stereocenters. The number of carbonyl (C=O) groups is 2. The fourth-order valence-corrected chi connectivity index (χ4v) is 4.75. The van der Waals surface area contributed by atoms with Gasteiger partial charge >= 0.3 is 11.9 Å². The lowest BCUT2D eigenvalue weighted by Gasteiger charge is -2.42. The van der Waals surface area contributed by atoms with Crippen molar-refractivity contribution in [2.75, 3.05) is 14.2 Å². The Hall–Kier alpha value is -5.39. The third kappa shape index (κ3) is 4.23. The summed E-state index contributed by atoms with van der Waals surface area (Å²) < 4.78 is 9.60. The fourth-order valence-electron chi connectivity index (χ4n) is 4.75. The Morgan fingerprint density at radius 3 is 1.74 bits per heavy atom. The maximum absolute atomic E-state index is 13.2. The Morgan fingerprint density at radius 1 is 0.895 bits per heavy atom. The molecule has 1 aliphatic rings. The number of nitro benzene ring substituents is 2. The fraction of sp³-hybridized carbons (Fsp3) is 0.261. The number of nitrogens with zero attached hydrogens (tertiary/aromatic N) is 4. The first kappa shape index (κ1) is 27.2. The van der Waals surface area contributed by atoms with Gasteiger partial charge in [0.25, 0.3) is 11.4 Å². The number of esters is 2. The molecular formula is C23H19N5O10. The zero-order valence-corrected chi connectivity index (χ0v) is 19.8. The largest absolute Gasteiger partial charge is 0.468 e. The predicted octanol–water partition coefficient (Wildman–Crippen LogP) is 2.10. The van der Waals surface area contributed by atoms with E-state index in [9.17, 15) is 45.2 Å². The number of nitriles is 1. The van der Waals surface area contributed by atoms with Crippen molar-refractivity contribution >= 4 is 23.3 Å². The van der Waals surface area contributed by atoms with E-state index in [0.29, 0.717) is 0 Å². The van der Waals surface area contributed by atoms with E-state index in [0.717, 1.165) is 50.6 Å². The van der Waals surface area contributed by atoms with E-state index in [1.807, 2.05) is 0 Å². The highest BCUT2D eigenvalue weighted by Crippen LogP contribution is 2.55. The predicted molar refractivity (Wildman–Crippen MR) is 126 cm³/mol. The molecule has 15 nitrogen and oxygen atoms in total. The second-order valence-electron chi connectivity index (χ2n) is 8.16. The van der Waals surface area contributed by atoms with Crippen molar-refractivity contribution in [3.05, 3.63) is 101 Å². The highest BCUT2D eigenvalue weighted by atomic mass is 16.6. The summed E-state index contributed by atoms with van der Waals surface area (Å²) in [4.78, 5) is 58.8. The van der Waals surface area contributed by atoms with Crippen LogP contribution in [0.15, 0.2) is 59.8 Å². The minimum absolute atomic E-state index is 0.0315. The van der Waals surface area contributed by atoms with Gasteiger partial charge in [0, 0.05) is 29.2 Å². The summed E-state index contributed by atoms with van der Waals surface area (Å²) >= 11 is 0. The number of hydrogen-bond donors (Lipinski definition) is 1. The molecule has 3 rings (SSSR count). The molecule has 0 fully saturated rings. The molecule has 4 unspecified atom stereocenters. The van der Waals surface area contributed by atoms with Crippen LogP contribution in [0, 0.1) is 47.1 Å². The molecule has 196 valence electrons. The number of carbonyl (C=O) groups excluding carboxylic acids is 2. The maximum Gasteiger partial charge on any atom is 0.336 e. The van der Waals surface area contributed by atoms with Crippen LogP contribution in [-0.4, -0.2) is 47.0 Å². The van der Waals surface area contributed by atoms with Crippen molar-refractivity contribution < 1.29 is 33.8 Å². The Balaban J connectivity index is 2.48. The summed E-state index contributed by atoms with van der Waals surface area (Å²) in [5.41, 5.74) is 1.71. The standard InChI is InChI=1S/C23H19N5O10/c1-37-21(29)17-16(12-3-7-14(8-4-12)26(31)32)19(28(35)36)18(13-5-9-15(10-6-13)27(33)34)23(11-24,20(17)25)22(30)38-2/h3-10,16,18-19H,25H2,1-2H3. The van der Waals surface area contributed by atoms with Gasteiger partial charge in [0.2, 0.25) is 11.5 Å². The summed E-state index contributed by atoms with van der Waals surface area (Å²) in [6, 6.07) is 8.56. The number of non-ortho nitro benzene ring substituents is 2. The van der Waals surface area contributed by atoms with Gasteiger partial charge < -0.3 is 15.2 Å². The van der Waals surface area contributed by atoms with E-state index in [4.69, 9.17) is 15.2 Å². The minimum atomic E-state index is -2.62. The number of rotatable bonds is 7. The van der Waals surface area contributed by atoms with Crippen molar-refractivity contribution in [3.63, 3.8) is 0 Å². The Bertz CT molecular complexity index is 1400. The van der Waals surface area contributed by atoms with Gasteiger partial charge in [-0.05, 0) is 11.1 Å². The Kier molecular flexibility index (Phi) is 7.38. The molecule has 38 heavy (non-hydrogen) atoms. The van der Waals surface area contributed by atoms with Crippen LogP contribution in [0.1, 0.15) is 23.0 Å². The third-order valence-corrected chi connectivity index (χ3v) is 6.43. The number of methoxy groups -OCH3 is 2. The monoisotopic (exact) mass is 525 g/mol. The molecule has 0 amide bonds. The zero-order valence-electron chi connectivity index (χ0n) is 19.8. The van der Waals surface area contributed by atoms with Gasteiger partial charge in [-0.3, -0.25) is 30.3 Å². The van der Waals surface area contributed by atoms with E-state index >= 15 is 0 Å². The molecule has 0 spiro atoms. The summed E-state index contributed by atoms with van der Waals surface area (Å²) in [5, 5.41) is 45.2. The van der Waals surface area contributed by atoms with Crippen molar-refractivity contribution in [1.29, 1.82) is 5.26 Å². The Labute approximate surface area is 213 Å². The summed E-state index contributed by atoms with van der Waals surface area (Å²) in [6.45, 7) is 0. The molecule has 0 aliphatic heterocycles. The second-order valence-corrected chi connectivity index (χ2v) is 8.16. The summed E-state index contributed by atoms with van der Waals surface area (Å²) in [7, 11) is 1.88. The number of benzene rings is 2. The molecular weight excluding hydrogens is 506 g/mol. The van der Waals surface area contributed by atoms with Crippen molar-refractivity contribution in [1.82, 2.24) is 0 Å². The van der Waals surface area contributed by atoms with Gasteiger partial charge in [0.05, 0.1) is 53.2 Å². The van der Waals surface area contributed by atoms with Gasteiger partial charge in [-0.1, -0.05) is 24.3 Å². The SMILES string of the molecule is COC(=O)C1=C(N)C(C#N)(C(=O)OC)C(c2ccc([N+](=O)[O-])cc2)C([N+](=O)[O-])C1c1ccc([N+](=O)[O-])cc1. The smallest absolute Gasteiger partial charge is 0.336 e. The highest BCUT2D eigenvalue weighted by Gasteiger charge is 2.65. The van der Waals surface area contributed by atoms with Crippen LogP contribution >= 0.6 is 0 Å².